The average molecular weight is 293 g/mol. The van der Waals surface area contributed by atoms with Crippen LogP contribution in [0.25, 0.3) is 0 Å². The SMILES string of the molecule is Cc1noc(C23CCCN(C2)C2(CC3)OC(=O)C(=O)O2)n1. The van der Waals surface area contributed by atoms with E-state index in [9.17, 15) is 9.59 Å². The number of piperidine rings is 2. The van der Waals surface area contributed by atoms with E-state index in [4.69, 9.17) is 14.0 Å². The summed E-state index contributed by atoms with van der Waals surface area (Å²) in [4.78, 5) is 29.1. The predicted octanol–water partition coefficient (Wildman–Crippen LogP) is 0.259. The molecule has 0 aromatic carbocycles. The Balaban J connectivity index is 1.66. The van der Waals surface area contributed by atoms with Crippen LogP contribution < -0.4 is 0 Å². The molecule has 3 aliphatic rings. The third kappa shape index (κ3) is 1.71. The summed E-state index contributed by atoms with van der Waals surface area (Å²) in [6, 6.07) is 0. The maximum atomic E-state index is 11.4. The maximum Gasteiger partial charge on any atom is 0.421 e. The van der Waals surface area contributed by atoms with Gasteiger partial charge in [-0.2, -0.15) is 4.98 Å². The standard InChI is InChI=1S/C13H15N3O5/c1-8-14-11(21-15-8)12-3-2-6-16(7-12)13(5-4-12)19-9(17)10(18)20-13/h2-7H2,1H3. The number of aromatic nitrogens is 2. The summed E-state index contributed by atoms with van der Waals surface area (Å²) in [5, 5.41) is 3.87. The van der Waals surface area contributed by atoms with Gasteiger partial charge in [0.25, 0.3) is 0 Å². The van der Waals surface area contributed by atoms with Gasteiger partial charge >= 0.3 is 17.8 Å². The van der Waals surface area contributed by atoms with Crippen molar-refractivity contribution in [2.45, 2.75) is 43.9 Å². The minimum atomic E-state index is -1.23. The van der Waals surface area contributed by atoms with Crippen molar-refractivity contribution in [3.8, 4) is 0 Å². The van der Waals surface area contributed by atoms with Crippen LogP contribution in [0.2, 0.25) is 0 Å². The van der Waals surface area contributed by atoms with Crippen molar-refractivity contribution >= 4 is 11.9 Å². The molecular formula is C13H15N3O5. The van der Waals surface area contributed by atoms with Gasteiger partial charge in [0.05, 0.1) is 5.41 Å². The predicted molar refractivity (Wildman–Crippen MR) is 65.7 cm³/mol. The van der Waals surface area contributed by atoms with Crippen molar-refractivity contribution in [2.75, 3.05) is 13.1 Å². The van der Waals surface area contributed by atoms with Crippen molar-refractivity contribution in [1.82, 2.24) is 15.0 Å². The van der Waals surface area contributed by atoms with Crippen LogP contribution in [-0.4, -0.2) is 46.0 Å². The van der Waals surface area contributed by atoms with Crippen LogP contribution in [0.5, 0.6) is 0 Å². The lowest BCUT2D eigenvalue weighted by atomic mass is 9.72. The smallest absolute Gasteiger partial charge is 0.400 e. The van der Waals surface area contributed by atoms with Crippen LogP contribution in [0.3, 0.4) is 0 Å². The van der Waals surface area contributed by atoms with Crippen molar-refractivity contribution in [3.63, 3.8) is 0 Å². The minimum absolute atomic E-state index is 0.244. The monoisotopic (exact) mass is 293 g/mol. The van der Waals surface area contributed by atoms with Crippen molar-refractivity contribution in [3.05, 3.63) is 11.7 Å². The molecule has 2 unspecified atom stereocenters. The van der Waals surface area contributed by atoms with Crippen molar-refractivity contribution in [2.24, 2.45) is 0 Å². The van der Waals surface area contributed by atoms with Crippen molar-refractivity contribution in [1.29, 1.82) is 0 Å². The van der Waals surface area contributed by atoms with Gasteiger partial charge in [0, 0.05) is 19.5 Å². The molecule has 0 radical (unpaired) electrons. The highest BCUT2D eigenvalue weighted by molar-refractivity contribution is 6.31. The lowest BCUT2D eigenvalue weighted by Crippen LogP contribution is -2.62. The second-order valence-corrected chi connectivity index (χ2v) is 5.94. The zero-order chi connectivity index (χ0) is 14.7. The second-order valence-electron chi connectivity index (χ2n) is 5.94. The number of ether oxygens (including phenoxy) is 2. The van der Waals surface area contributed by atoms with E-state index in [0.29, 0.717) is 37.6 Å². The van der Waals surface area contributed by atoms with Gasteiger partial charge in [-0.25, -0.2) is 14.5 Å². The molecule has 21 heavy (non-hydrogen) atoms. The molecule has 2 atom stereocenters. The Morgan fingerprint density at radius 3 is 2.57 bits per heavy atom. The van der Waals surface area contributed by atoms with Gasteiger partial charge in [0.1, 0.15) is 0 Å². The zero-order valence-electron chi connectivity index (χ0n) is 11.6. The highest BCUT2D eigenvalue weighted by atomic mass is 16.8. The van der Waals surface area contributed by atoms with E-state index in [-0.39, 0.29) is 5.41 Å². The average Bonchev–Trinajstić information content (AvgIpc) is 3.02. The Hall–Kier alpha value is -1.96. The number of fused-ring (bicyclic) bond motifs is 3. The first-order chi connectivity index (χ1) is 10.0. The highest BCUT2D eigenvalue weighted by Gasteiger charge is 2.61. The van der Waals surface area contributed by atoms with E-state index in [2.05, 4.69) is 10.1 Å². The molecule has 3 aliphatic heterocycles. The van der Waals surface area contributed by atoms with Gasteiger partial charge in [-0.05, 0) is 26.2 Å². The fourth-order valence-electron chi connectivity index (χ4n) is 3.60. The molecule has 3 fully saturated rings. The molecule has 3 saturated heterocycles. The summed E-state index contributed by atoms with van der Waals surface area (Å²) in [7, 11) is 0. The van der Waals surface area contributed by atoms with Crippen LogP contribution in [0.15, 0.2) is 4.52 Å². The molecule has 4 rings (SSSR count). The zero-order valence-corrected chi connectivity index (χ0v) is 11.6. The molecule has 112 valence electrons. The Labute approximate surface area is 120 Å². The normalized spacial score (nSPS) is 33.9. The van der Waals surface area contributed by atoms with Gasteiger partial charge in [-0.15, -0.1) is 0 Å². The summed E-state index contributed by atoms with van der Waals surface area (Å²) in [5.74, 6) is -1.83. The lowest BCUT2D eigenvalue weighted by Gasteiger charge is -2.50. The maximum absolute atomic E-state index is 11.4. The van der Waals surface area contributed by atoms with E-state index in [1.54, 1.807) is 6.92 Å². The number of rotatable bonds is 1. The molecular weight excluding hydrogens is 278 g/mol. The number of hydrogen-bond donors (Lipinski definition) is 0. The summed E-state index contributed by atoms with van der Waals surface area (Å²) >= 11 is 0. The van der Waals surface area contributed by atoms with E-state index >= 15 is 0 Å². The number of carbonyl (C=O) groups excluding carboxylic acids is 2. The molecule has 0 N–H and O–H groups in total. The van der Waals surface area contributed by atoms with Crippen LogP contribution in [-0.2, 0) is 24.5 Å². The first-order valence-electron chi connectivity index (χ1n) is 7.05. The Morgan fingerprint density at radius 2 is 1.90 bits per heavy atom. The van der Waals surface area contributed by atoms with Gasteiger partial charge < -0.3 is 14.0 Å². The fraction of sp³-hybridized carbons (Fsp3) is 0.692. The summed E-state index contributed by atoms with van der Waals surface area (Å²) in [5.41, 5.74) is -0.244. The molecule has 1 aromatic heterocycles. The quantitative estimate of drug-likeness (QED) is 0.537. The first kappa shape index (κ1) is 12.8. The van der Waals surface area contributed by atoms with E-state index in [0.717, 1.165) is 12.8 Å². The number of nitrogens with zero attached hydrogens (tertiary/aromatic N) is 3. The summed E-state index contributed by atoms with van der Waals surface area (Å²) < 4.78 is 15.8. The third-order valence-corrected chi connectivity index (χ3v) is 4.63. The number of esters is 2. The molecule has 2 bridgehead atoms. The molecule has 8 nitrogen and oxygen atoms in total. The van der Waals surface area contributed by atoms with Crippen LogP contribution in [0.4, 0.5) is 0 Å². The third-order valence-electron chi connectivity index (χ3n) is 4.63. The summed E-state index contributed by atoms with van der Waals surface area (Å²) in [6.45, 7) is 3.07. The van der Waals surface area contributed by atoms with E-state index < -0.39 is 17.8 Å². The van der Waals surface area contributed by atoms with Crippen LogP contribution in [0, 0.1) is 6.92 Å². The fourth-order valence-corrected chi connectivity index (χ4v) is 3.60. The van der Waals surface area contributed by atoms with Gasteiger partial charge in [-0.3, -0.25) is 0 Å². The van der Waals surface area contributed by atoms with E-state index in [1.807, 2.05) is 4.90 Å². The lowest BCUT2D eigenvalue weighted by molar-refractivity contribution is -0.279. The van der Waals surface area contributed by atoms with Gasteiger partial charge in [0.2, 0.25) is 5.89 Å². The minimum Gasteiger partial charge on any atom is -0.400 e. The first-order valence-corrected chi connectivity index (χ1v) is 7.05. The molecule has 1 aromatic rings. The second kappa shape index (κ2) is 4.03. The number of hydrogen-bond acceptors (Lipinski definition) is 8. The molecule has 4 heterocycles. The largest absolute Gasteiger partial charge is 0.421 e. The number of aryl methyl sites for hydroxylation is 1. The van der Waals surface area contributed by atoms with Crippen LogP contribution in [0.1, 0.15) is 37.4 Å². The molecule has 0 amide bonds. The molecule has 8 heteroatoms. The topological polar surface area (TPSA) is 94.8 Å². The van der Waals surface area contributed by atoms with Gasteiger partial charge in [-0.1, -0.05) is 5.16 Å². The van der Waals surface area contributed by atoms with Crippen molar-refractivity contribution < 1.29 is 23.6 Å². The van der Waals surface area contributed by atoms with Crippen LogP contribution >= 0.6 is 0 Å². The molecule has 1 spiro atoms. The Bertz CT molecular complexity index is 611. The summed E-state index contributed by atoms with van der Waals surface area (Å²) in [6.07, 6.45) is 2.92. The van der Waals surface area contributed by atoms with E-state index in [1.165, 1.54) is 0 Å². The molecule has 0 aliphatic carbocycles. The Kier molecular flexibility index (Phi) is 2.45. The molecule has 0 saturated carbocycles. The Morgan fingerprint density at radius 1 is 1.14 bits per heavy atom. The van der Waals surface area contributed by atoms with Gasteiger partial charge in [0.15, 0.2) is 5.82 Å². The number of carbonyl (C=O) groups is 2. The highest BCUT2D eigenvalue weighted by Crippen LogP contribution is 2.48.